The predicted molar refractivity (Wildman–Crippen MR) is 319 cm³/mol. The Hall–Kier alpha value is -10.2. The average Bonchev–Trinajstić information content (AvgIpc) is 3.54. The summed E-state index contributed by atoms with van der Waals surface area (Å²) in [6, 6.07) is 87.1. The van der Waals surface area contributed by atoms with Crippen LogP contribution in [-0.4, -0.2) is 15.8 Å². The van der Waals surface area contributed by atoms with Gasteiger partial charge in [-0.05, 0) is 126 Å². The Kier molecular flexibility index (Phi) is 7.48. The lowest BCUT2D eigenvalue weighted by atomic mass is 9.34. The molecule has 354 valence electrons. The topological polar surface area (TPSA) is 34.8 Å². The van der Waals surface area contributed by atoms with Gasteiger partial charge in [0.2, 0.25) is 0 Å². The second-order valence-corrected chi connectivity index (χ2v) is 21.1. The summed E-state index contributed by atoms with van der Waals surface area (Å²) in [6.45, 7) is -0.220. The molecule has 0 amide bonds. The minimum atomic E-state index is -0.220. The molecule has 0 bridgehead atoms. The summed E-state index contributed by atoms with van der Waals surface area (Å²) >= 11 is 0. The minimum absolute atomic E-state index is 0.220. The van der Waals surface area contributed by atoms with E-state index in [4.69, 9.17) is 9.47 Å². The Morgan fingerprint density at radius 2 is 0.623 bits per heavy atom. The van der Waals surface area contributed by atoms with Gasteiger partial charge in [-0.15, -0.1) is 0 Å². The Labute approximate surface area is 441 Å². The average molecular weight is 979 g/mol. The molecule has 7 heteroatoms. The number of nitrogens with zero attached hydrogens (tertiary/aromatic N) is 4. The van der Waals surface area contributed by atoms with Crippen LogP contribution in [0.5, 0.6) is 23.0 Å². The monoisotopic (exact) mass is 978 g/mol. The minimum Gasteiger partial charge on any atom is -0.453 e. The summed E-state index contributed by atoms with van der Waals surface area (Å²) in [4.78, 5) is 4.97. The number of anilines is 6. The quantitative estimate of drug-likeness (QED) is 0.162. The van der Waals surface area contributed by atoms with Crippen molar-refractivity contribution in [1.82, 2.24) is 9.13 Å². The molecular weight excluding hydrogens is 940 g/mol. The third kappa shape index (κ3) is 4.98. The molecule has 19 rings (SSSR count). The normalized spacial score (nSPS) is 13.6. The Balaban J connectivity index is 1.12. The lowest BCUT2D eigenvalue weighted by molar-refractivity contribution is 0.477. The van der Waals surface area contributed by atoms with E-state index in [1.807, 2.05) is 0 Å². The number of aromatic nitrogens is 2. The van der Waals surface area contributed by atoms with E-state index in [1.54, 1.807) is 0 Å². The highest BCUT2D eigenvalue weighted by Gasteiger charge is 2.47. The molecule has 0 fully saturated rings. The van der Waals surface area contributed by atoms with Crippen LogP contribution in [0.15, 0.2) is 237 Å². The highest BCUT2D eigenvalue weighted by atomic mass is 16.5. The third-order valence-electron chi connectivity index (χ3n) is 17.3. The van der Waals surface area contributed by atoms with Gasteiger partial charge >= 0.3 is 0 Å². The van der Waals surface area contributed by atoms with Crippen LogP contribution in [0.2, 0.25) is 0 Å². The first-order chi connectivity index (χ1) is 38.2. The first-order valence-electron chi connectivity index (χ1n) is 26.5. The molecular formula is C70H39BN4O2. The van der Waals surface area contributed by atoms with Gasteiger partial charge in [-0.2, -0.15) is 0 Å². The zero-order valence-corrected chi connectivity index (χ0v) is 41.2. The molecule has 15 aromatic rings. The van der Waals surface area contributed by atoms with E-state index in [0.29, 0.717) is 0 Å². The zero-order valence-electron chi connectivity index (χ0n) is 41.2. The van der Waals surface area contributed by atoms with Crippen LogP contribution in [0.25, 0.3) is 98.1 Å². The van der Waals surface area contributed by atoms with Gasteiger partial charge in [-0.3, -0.25) is 0 Å². The zero-order chi connectivity index (χ0) is 49.8. The van der Waals surface area contributed by atoms with Gasteiger partial charge in [-0.1, -0.05) is 170 Å². The van der Waals surface area contributed by atoms with E-state index in [1.165, 1.54) is 103 Å². The molecule has 6 heterocycles. The first-order valence-corrected chi connectivity index (χ1v) is 26.5. The second-order valence-electron chi connectivity index (χ2n) is 21.1. The molecule has 4 aliphatic rings. The fourth-order valence-electron chi connectivity index (χ4n) is 14.4. The summed E-state index contributed by atoms with van der Waals surface area (Å²) in [7, 11) is 0. The van der Waals surface area contributed by atoms with Crippen LogP contribution < -0.4 is 35.7 Å². The predicted octanol–water partition coefficient (Wildman–Crippen LogP) is 16.8. The van der Waals surface area contributed by atoms with Crippen LogP contribution >= 0.6 is 0 Å². The van der Waals surface area contributed by atoms with E-state index in [9.17, 15) is 0 Å². The number of hydrogen-bond acceptors (Lipinski definition) is 4. The molecule has 2 aromatic heterocycles. The lowest BCUT2D eigenvalue weighted by Gasteiger charge is -2.42. The van der Waals surface area contributed by atoms with Gasteiger partial charge in [0.1, 0.15) is 0 Å². The van der Waals surface area contributed by atoms with Gasteiger partial charge in [0.15, 0.2) is 23.0 Å². The number of hydrogen-bond donors (Lipinski definition) is 0. The summed E-state index contributed by atoms with van der Waals surface area (Å²) < 4.78 is 19.1. The number of fused-ring (bicyclic) bond motifs is 22. The van der Waals surface area contributed by atoms with Gasteiger partial charge in [0.05, 0.1) is 67.6 Å². The van der Waals surface area contributed by atoms with E-state index >= 15 is 0 Å². The molecule has 4 aliphatic heterocycles. The molecule has 0 saturated heterocycles. The van der Waals surface area contributed by atoms with Crippen LogP contribution in [0.4, 0.5) is 34.1 Å². The summed E-state index contributed by atoms with van der Waals surface area (Å²) in [6.07, 6.45) is 0. The highest BCUT2D eigenvalue weighted by Crippen LogP contribution is 2.58. The van der Waals surface area contributed by atoms with Crippen LogP contribution in [0, 0.1) is 0 Å². The summed E-state index contributed by atoms with van der Waals surface area (Å²) in [5.41, 5.74) is 16.9. The van der Waals surface area contributed by atoms with Crippen molar-refractivity contribution >= 4 is 144 Å². The number of para-hydroxylation sites is 8. The standard InChI is InChI=1S/C70H39BN4O2/c1-5-21-44-40(17-1)33-35-54-62(44)64-46-23-7-3-19-42(46)37-48-67(64)74(54)69-56(72-50-25-9-13-29-58(50)76-59-30-14-10-26-51(59)72)39-57(73-52-27-11-15-31-60(52)77-61-32-16-12-28-53(61)73)70-66(69)71(48)49-38-43-20-4-8-24-47(43)65-63-45-22-6-2-18-41(45)34-36-55(63)75(70)68(49)65/h1-39H. The van der Waals surface area contributed by atoms with E-state index in [2.05, 4.69) is 256 Å². The Morgan fingerprint density at radius 3 is 1.03 bits per heavy atom. The molecule has 0 atom stereocenters. The van der Waals surface area contributed by atoms with E-state index < -0.39 is 0 Å². The van der Waals surface area contributed by atoms with E-state index in [0.717, 1.165) is 68.5 Å². The van der Waals surface area contributed by atoms with Gasteiger partial charge in [0.25, 0.3) is 6.71 Å². The fourth-order valence-corrected chi connectivity index (χ4v) is 14.4. The molecule has 77 heavy (non-hydrogen) atoms. The van der Waals surface area contributed by atoms with Crippen molar-refractivity contribution in [3.63, 3.8) is 0 Å². The number of rotatable bonds is 2. The number of ether oxygens (including phenoxy) is 2. The maximum absolute atomic E-state index is 6.87. The first kappa shape index (κ1) is 40.2. The molecule has 0 saturated carbocycles. The maximum Gasteiger partial charge on any atom is 0.252 e. The molecule has 13 aromatic carbocycles. The molecule has 0 N–H and O–H groups in total. The summed E-state index contributed by atoms with van der Waals surface area (Å²) in [5, 5.41) is 14.9. The van der Waals surface area contributed by atoms with Crippen LogP contribution in [0.1, 0.15) is 0 Å². The van der Waals surface area contributed by atoms with Crippen molar-refractivity contribution in [2.45, 2.75) is 0 Å². The molecule has 0 aliphatic carbocycles. The Morgan fingerprint density at radius 1 is 0.286 bits per heavy atom. The Bertz CT molecular complexity index is 4810. The third-order valence-corrected chi connectivity index (χ3v) is 17.3. The van der Waals surface area contributed by atoms with Crippen molar-refractivity contribution in [3.8, 4) is 34.4 Å². The van der Waals surface area contributed by atoms with Crippen LogP contribution in [0.3, 0.4) is 0 Å². The second kappa shape index (κ2) is 14.3. The fraction of sp³-hybridized carbons (Fsp3) is 0. The van der Waals surface area contributed by atoms with Gasteiger partial charge < -0.3 is 28.4 Å². The van der Waals surface area contributed by atoms with Gasteiger partial charge in [0, 0.05) is 21.5 Å². The number of benzene rings is 13. The maximum atomic E-state index is 6.87. The highest BCUT2D eigenvalue weighted by molar-refractivity contribution is 7.01. The van der Waals surface area contributed by atoms with Crippen molar-refractivity contribution in [2.75, 3.05) is 9.80 Å². The molecule has 0 radical (unpaired) electrons. The smallest absolute Gasteiger partial charge is 0.252 e. The summed E-state index contributed by atoms with van der Waals surface area (Å²) in [5.74, 6) is 3.20. The largest absolute Gasteiger partial charge is 0.453 e. The van der Waals surface area contributed by atoms with Crippen molar-refractivity contribution in [2.24, 2.45) is 0 Å². The van der Waals surface area contributed by atoms with Crippen molar-refractivity contribution in [3.05, 3.63) is 237 Å². The van der Waals surface area contributed by atoms with E-state index in [-0.39, 0.29) is 6.71 Å². The SMILES string of the molecule is c1ccc2c(c1)Oc1ccccc1N2c1cc(N2c3ccccc3Oc3ccccc32)c2c3c1-n1c4ccc5ccccc5c4c4c5ccccc5cc(c41)B3c1cc3ccccc3c3c4c5ccccc5ccc4n-2c13. The molecule has 6 nitrogen and oxygen atoms in total. The van der Waals surface area contributed by atoms with Crippen molar-refractivity contribution in [1.29, 1.82) is 0 Å². The molecule has 0 unspecified atom stereocenters. The van der Waals surface area contributed by atoms with Crippen molar-refractivity contribution < 1.29 is 9.47 Å². The lowest BCUT2D eigenvalue weighted by Crippen LogP contribution is -2.60. The molecule has 0 spiro atoms. The van der Waals surface area contributed by atoms with Gasteiger partial charge in [-0.25, -0.2) is 0 Å². The van der Waals surface area contributed by atoms with Crippen LogP contribution in [-0.2, 0) is 0 Å².